The van der Waals surface area contributed by atoms with Crippen LogP contribution in [0.25, 0.3) is 16.9 Å². The molecule has 0 amide bonds. The number of rotatable bonds is 67. The minimum atomic E-state index is 0. The Morgan fingerprint density at radius 3 is 0.638 bits per heavy atom. The Hall–Kier alpha value is -1.99. The van der Waals surface area contributed by atoms with Crippen molar-refractivity contribution in [3.05, 3.63) is 101 Å². The molecular weight excluding hydrogens is 1180 g/mol. The number of hydrogen-bond acceptors (Lipinski definition) is 0. The van der Waals surface area contributed by atoms with Gasteiger partial charge in [-0.2, -0.15) is 12.8 Å². The number of hydrogen-bond donors (Lipinski definition) is 0. The van der Waals surface area contributed by atoms with Gasteiger partial charge < -0.3 is 19.4 Å². The van der Waals surface area contributed by atoms with Gasteiger partial charge in [-0.25, -0.2) is 4.70 Å². The van der Waals surface area contributed by atoms with E-state index in [-0.39, 0.29) is 16.5 Å². The molecule has 0 saturated carbocycles. The van der Waals surface area contributed by atoms with Crippen molar-refractivity contribution < 1.29 is 21.2 Å². The summed E-state index contributed by atoms with van der Waals surface area (Å²) in [6.07, 6.45) is 91.7. The van der Waals surface area contributed by atoms with Crippen LogP contribution in [0.5, 0.6) is 0 Å². The van der Waals surface area contributed by atoms with E-state index < -0.39 is 0 Å². The quantitative estimate of drug-likeness (QED) is 0.0273. The third kappa shape index (κ3) is 53.9. The molecule has 3 heteroatoms. The smallest absolute Gasteiger partial charge is 0.493 e. The Labute approximate surface area is 601 Å². The van der Waals surface area contributed by atoms with Crippen LogP contribution >= 0.6 is 0 Å². The van der Waals surface area contributed by atoms with Crippen LogP contribution in [0.15, 0.2) is 59.7 Å². The number of benzene rings is 2. The van der Waals surface area contributed by atoms with Gasteiger partial charge in [0.1, 0.15) is 0 Å². The maximum atomic E-state index is 12.4. The Balaban J connectivity index is 0.00000228. The van der Waals surface area contributed by atoms with Crippen molar-refractivity contribution in [3.63, 3.8) is 0 Å². The second kappa shape index (κ2) is 73.7. The fourth-order valence-corrected chi connectivity index (χ4v) is 14.2. The fraction of sp³-hybridized carbons (Fsp3) is 0.802. The van der Waals surface area contributed by atoms with Crippen molar-refractivity contribution in [3.8, 4) is 0 Å². The number of unbranched alkanes of at least 4 members (excludes halogenated alkanes) is 57. The monoisotopic (exact) mass is 1340 g/mol. The van der Waals surface area contributed by atoms with Crippen LogP contribution < -0.4 is 0 Å². The van der Waals surface area contributed by atoms with E-state index in [0.717, 1.165) is 49.9 Å². The first kappa shape index (κ1) is 92.0. The molecule has 94 heavy (non-hydrogen) atoms. The summed E-state index contributed by atoms with van der Waals surface area (Å²) in [5.74, 6) is 0. The summed E-state index contributed by atoms with van der Waals surface area (Å²) in [6, 6.07) is 18.4. The number of aryl methyl sites for hydroxylation is 2. The van der Waals surface area contributed by atoms with Gasteiger partial charge in [0.2, 0.25) is 11.4 Å². The summed E-state index contributed by atoms with van der Waals surface area (Å²) in [7, 11) is 0. The molecule has 548 valence electrons. The van der Waals surface area contributed by atoms with Gasteiger partial charge in [-0.15, -0.1) is 0 Å². The van der Waals surface area contributed by atoms with Gasteiger partial charge in [-0.05, 0) is 86.8 Å². The zero-order valence-electron chi connectivity index (χ0n) is 64.6. The molecule has 0 radical (unpaired) electrons. The SMILES string of the molecule is CCCCCCCCCCCCCCCCCCCCCCCCCC1=C(c2cccc(CCCCCC)c2)[N+](=[N-])C(c2cccc(CCCCCCCC)c2)=C1CCCCCC.[CH2-]CCCCCCCCCCCCCC.[CH2-]CCCCCCCCCCCCCC.[Ni+2]. The maximum absolute atomic E-state index is 12.4. The molecular formula is C91H164N2Ni. The van der Waals surface area contributed by atoms with E-state index in [1.807, 2.05) is 0 Å². The average Bonchev–Trinajstić information content (AvgIpc) is 1.61. The summed E-state index contributed by atoms with van der Waals surface area (Å²) < 4.78 is 1.64. The van der Waals surface area contributed by atoms with Crippen LogP contribution in [0.2, 0.25) is 0 Å². The first-order valence-corrected chi connectivity index (χ1v) is 42.7. The third-order valence-corrected chi connectivity index (χ3v) is 20.4. The second-order valence-corrected chi connectivity index (χ2v) is 29.5. The largest absolute Gasteiger partial charge is 2.00 e. The van der Waals surface area contributed by atoms with E-state index in [9.17, 15) is 5.53 Å². The first-order chi connectivity index (χ1) is 46.0. The zero-order chi connectivity index (χ0) is 67.2. The molecule has 1 heterocycles. The van der Waals surface area contributed by atoms with Crippen molar-refractivity contribution in [1.82, 2.24) is 0 Å². The minimum absolute atomic E-state index is 0. The van der Waals surface area contributed by atoms with E-state index in [0.29, 0.717) is 0 Å². The van der Waals surface area contributed by atoms with E-state index in [1.165, 1.54) is 425 Å². The number of nitrogens with zero attached hydrogens (tertiary/aromatic N) is 2. The van der Waals surface area contributed by atoms with E-state index in [1.54, 1.807) is 4.70 Å². The molecule has 3 rings (SSSR count). The normalized spacial score (nSPS) is 12.2. The van der Waals surface area contributed by atoms with Gasteiger partial charge in [-0.1, -0.05) is 432 Å². The third-order valence-electron chi connectivity index (χ3n) is 20.4. The van der Waals surface area contributed by atoms with Crippen molar-refractivity contribution in [2.75, 3.05) is 0 Å². The molecule has 0 N–H and O–H groups in total. The predicted octanol–water partition coefficient (Wildman–Crippen LogP) is 33.1. The first-order valence-electron chi connectivity index (χ1n) is 42.7. The zero-order valence-corrected chi connectivity index (χ0v) is 65.6. The van der Waals surface area contributed by atoms with Gasteiger partial charge in [0.25, 0.3) is 0 Å². The second-order valence-electron chi connectivity index (χ2n) is 29.5. The van der Waals surface area contributed by atoms with Gasteiger partial charge in [-0.3, -0.25) is 0 Å². The molecule has 0 spiro atoms. The Morgan fingerprint density at radius 2 is 0.426 bits per heavy atom. The molecule has 0 aromatic heterocycles. The average molecular weight is 1350 g/mol. The van der Waals surface area contributed by atoms with Gasteiger partial charge in [0.15, 0.2) is 0 Å². The van der Waals surface area contributed by atoms with Crippen LogP contribution in [-0.2, 0) is 29.3 Å². The van der Waals surface area contributed by atoms with Gasteiger partial charge in [0.05, 0.1) is 0 Å². The van der Waals surface area contributed by atoms with Crippen LogP contribution in [0.1, 0.15) is 481 Å². The molecule has 2 aromatic carbocycles. The summed E-state index contributed by atoms with van der Waals surface area (Å²) in [6.45, 7) is 21.5. The van der Waals surface area contributed by atoms with Gasteiger partial charge >= 0.3 is 16.5 Å². The molecule has 1 aliphatic rings. The predicted molar refractivity (Wildman–Crippen MR) is 423 cm³/mol. The summed E-state index contributed by atoms with van der Waals surface area (Å²) in [5, 5.41) is 0. The van der Waals surface area contributed by atoms with Crippen LogP contribution in [0.4, 0.5) is 0 Å². The summed E-state index contributed by atoms with van der Waals surface area (Å²) in [4.78, 5) is 0. The summed E-state index contributed by atoms with van der Waals surface area (Å²) in [5.41, 5.74) is 22.6. The Morgan fingerprint density at radius 1 is 0.245 bits per heavy atom. The van der Waals surface area contributed by atoms with Crippen molar-refractivity contribution in [2.45, 2.75) is 472 Å². The molecule has 1 aliphatic heterocycles. The van der Waals surface area contributed by atoms with Crippen LogP contribution in [0.3, 0.4) is 0 Å². The Kier molecular flexibility index (Phi) is 72.2. The molecule has 0 saturated heterocycles. The van der Waals surface area contributed by atoms with E-state index >= 15 is 0 Å². The van der Waals surface area contributed by atoms with Crippen LogP contribution in [0, 0.1) is 13.8 Å². The fourth-order valence-electron chi connectivity index (χ4n) is 14.2. The van der Waals surface area contributed by atoms with Gasteiger partial charge in [0, 0.05) is 22.3 Å². The van der Waals surface area contributed by atoms with E-state index in [4.69, 9.17) is 0 Å². The molecule has 0 bridgehead atoms. The van der Waals surface area contributed by atoms with Crippen molar-refractivity contribution >= 4 is 11.4 Å². The standard InChI is InChI=1S/C61H102N2.2C15H31.Ni/c1-5-9-13-17-19-20-21-22-23-24-25-26-27-28-29-30-31-32-33-34-35-37-41-51-59-58(50-40-16-12-8-4)60(57-49-43-47-55(53-57)45-39-36-18-14-10-6-2)63(62)61(59)56-48-42-46-54(52-56)44-38-15-11-7-3;2*1-3-5-7-9-11-13-15-14-12-10-8-6-4-2;/h42-43,46-49,52-53H,5-41,44-45,50-51H2,1-4H3;2*1,3-15H2,2H3;/q;2*-1;+2. The molecule has 0 atom stereocenters. The molecule has 0 unspecified atom stereocenters. The molecule has 0 fully saturated rings. The number of allylic oxidation sites excluding steroid dienone is 2. The summed E-state index contributed by atoms with van der Waals surface area (Å²) >= 11 is 0. The molecule has 0 aliphatic carbocycles. The van der Waals surface area contributed by atoms with Crippen molar-refractivity contribution in [1.29, 1.82) is 0 Å². The molecule has 2 aromatic rings. The van der Waals surface area contributed by atoms with E-state index in [2.05, 4.69) is 104 Å². The topological polar surface area (TPSA) is 25.3 Å². The molecule has 2 nitrogen and oxygen atoms in total. The van der Waals surface area contributed by atoms with Crippen LogP contribution in [-0.4, -0.2) is 4.70 Å². The Bertz CT molecular complexity index is 1890. The maximum Gasteiger partial charge on any atom is 2.00 e. The van der Waals surface area contributed by atoms with Crippen molar-refractivity contribution in [2.24, 2.45) is 0 Å². The minimum Gasteiger partial charge on any atom is -0.493 e.